The molecule has 0 rings (SSSR count). The van der Waals surface area contributed by atoms with Crippen molar-refractivity contribution in [3.8, 4) is 0 Å². The minimum Gasteiger partial charge on any atom is -0.383 e. The van der Waals surface area contributed by atoms with Gasteiger partial charge in [0.1, 0.15) is 0 Å². The van der Waals surface area contributed by atoms with Crippen LogP contribution in [0.5, 0.6) is 0 Å². The number of nitrogens with one attached hydrogen (secondary N) is 1. The van der Waals surface area contributed by atoms with E-state index in [-0.39, 0.29) is 11.5 Å². The van der Waals surface area contributed by atoms with E-state index in [0.717, 1.165) is 19.7 Å². The number of ether oxygens (including phenoxy) is 1. The van der Waals surface area contributed by atoms with Crippen LogP contribution < -0.4 is 11.1 Å². The topological polar surface area (TPSA) is 47.3 Å². The lowest BCUT2D eigenvalue weighted by molar-refractivity contribution is 0.196. The molecule has 3 N–H and O–H groups in total. The summed E-state index contributed by atoms with van der Waals surface area (Å²) >= 11 is 0. The van der Waals surface area contributed by atoms with Gasteiger partial charge in [-0.2, -0.15) is 0 Å². The molecule has 0 aliphatic carbocycles. The van der Waals surface area contributed by atoms with Crippen molar-refractivity contribution in [1.82, 2.24) is 5.32 Å². The van der Waals surface area contributed by atoms with Gasteiger partial charge in [-0.25, -0.2) is 0 Å². The van der Waals surface area contributed by atoms with Gasteiger partial charge >= 0.3 is 0 Å². The molecule has 0 radical (unpaired) electrons. The Labute approximate surface area is 75.7 Å². The molecule has 0 aliphatic rings. The molecule has 0 amide bonds. The maximum absolute atomic E-state index is 5.93. The van der Waals surface area contributed by atoms with Crippen LogP contribution in [0.15, 0.2) is 0 Å². The van der Waals surface area contributed by atoms with Crippen LogP contribution >= 0.6 is 0 Å². The maximum atomic E-state index is 5.93. The van der Waals surface area contributed by atoms with Crippen LogP contribution in [0.2, 0.25) is 0 Å². The molecule has 0 bridgehead atoms. The van der Waals surface area contributed by atoms with Crippen molar-refractivity contribution in [2.75, 3.05) is 26.8 Å². The van der Waals surface area contributed by atoms with Crippen LogP contribution in [-0.2, 0) is 4.74 Å². The molecule has 74 valence electrons. The molecule has 0 fully saturated rings. The summed E-state index contributed by atoms with van der Waals surface area (Å²) in [5.74, 6) is 0. The molecule has 3 heteroatoms. The molecule has 3 nitrogen and oxygen atoms in total. The lowest BCUT2D eigenvalue weighted by atomic mass is 9.87. The highest BCUT2D eigenvalue weighted by atomic mass is 16.5. The van der Waals surface area contributed by atoms with E-state index in [4.69, 9.17) is 10.5 Å². The Morgan fingerprint density at radius 2 is 2.00 bits per heavy atom. The second kappa shape index (κ2) is 5.51. The Balaban J connectivity index is 3.38. The van der Waals surface area contributed by atoms with Gasteiger partial charge < -0.3 is 15.8 Å². The lowest BCUT2D eigenvalue weighted by Gasteiger charge is -2.27. The maximum Gasteiger partial charge on any atom is 0.0587 e. The second-order valence-corrected chi connectivity index (χ2v) is 4.17. The van der Waals surface area contributed by atoms with Gasteiger partial charge in [-0.15, -0.1) is 0 Å². The third-order valence-electron chi connectivity index (χ3n) is 1.96. The van der Waals surface area contributed by atoms with Crippen LogP contribution in [-0.4, -0.2) is 32.8 Å². The number of methoxy groups -OCH3 is 1. The molecule has 0 aromatic carbocycles. The largest absolute Gasteiger partial charge is 0.383 e. The van der Waals surface area contributed by atoms with E-state index in [1.54, 1.807) is 7.11 Å². The number of rotatable bonds is 5. The summed E-state index contributed by atoms with van der Waals surface area (Å²) in [6, 6.07) is 0.203. The van der Waals surface area contributed by atoms with Gasteiger partial charge in [-0.3, -0.25) is 0 Å². The van der Waals surface area contributed by atoms with E-state index in [9.17, 15) is 0 Å². The molecule has 12 heavy (non-hydrogen) atoms. The van der Waals surface area contributed by atoms with Gasteiger partial charge in [0.05, 0.1) is 6.61 Å². The highest BCUT2D eigenvalue weighted by Gasteiger charge is 2.19. The molecule has 0 saturated heterocycles. The predicted molar refractivity (Wildman–Crippen MR) is 52.2 cm³/mol. The first-order chi connectivity index (χ1) is 5.48. The smallest absolute Gasteiger partial charge is 0.0587 e. The Morgan fingerprint density at radius 3 is 2.42 bits per heavy atom. The number of hydrogen-bond donors (Lipinski definition) is 2. The van der Waals surface area contributed by atoms with Crippen molar-refractivity contribution in [2.45, 2.75) is 26.8 Å². The molecule has 0 aromatic rings. The van der Waals surface area contributed by atoms with Gasteiger partial charge in [-0.1, -0.05) is 20.8 Å². The minimum absolute atomic E-state index is 0.181. The zero-order valence-electron chi connectivity index (χ0n) is 8.68. The molecular formula is C9H22N2O. The fourth-order valence-electron chi connectivity index (χ4n) is 0.738. The summed E-state index contributed by atoms with van der Waals surface area (Å²) in [7, 11) is 1.70. The Morgan fingerprint density at radius 1 is 1.42 bits per heavy atom. The molecule has 0 heterocycles. The Kier molecular flexibility index (Phi) is 5.46. The first-order valence-electron chi connectivity index (χ1n) is 4.43. The van der Waals surface area contributed by atoms with Crippen molar-refractivity contribution in [3.05, 3.63) is 0 Å². The molecule has 1 unspecified atom stereocenters. The van der Waals surface area contributed by atoms with Crippen molar-refractivity contribution >= 4 is 0 Å². The van der Waals surface area contributed by atoms with Crippen LogP contribution in [0, 0.1) is 5.41 Å². The Bertz CT molecular complexity index is 110. The number of hydrogen-bond acceptors (Lipinski definition) is 3. The van der Waals surface area contributed by atoms with Crippen molar-refractivity contribution in [2.24, 2.45) is 11.1 Å². The molecule has 0 aliphatic heterocycles. The highest BCUT2D eigenvalue weighted by molar-refractivity contribution is 4.78. The van der Waals surface area contributed by atoms with E-state index < -0.39 is 0 Å². The standard InChI is InChI=1S/C9H22N2O/c1-9(2,3)8(10)7-11-5-6-12-4/h8,11H,5-7,10H2,1-4H3. The average Bonchev–Trinajstić information content (AvgIpc) is 1.96. The molecule has 0 saturated carbocycles. The first kappa shape index (κ1) is 11.9. The van der Waals surface area contributed by atoms with Gasteiger partial charge in [0.2, 0.25) is 0 Å². The van der Waals surface area contributed by atoms with Crippen LogP contribution in [0.25, 0.3) is 0 Å². The summed E-state index contributed by atoms with van der Waals surface area (Å²) in [6.45, 7) is 8.92. The minimum atomic E-state index is 0.181. The van der Waals surface area contributed by atoms with E-state index in [1.807, 2.05) is 0 Å². The zero-order valence-corrected chi connectivity index (χ0v) is 8.68. The summed E-state index contributed by atoms with van der Waals surface area (Å²) < 4.78 is 4.91. The van der Waals surface area contributed by atoms with Crippen LogP contribution in [0.3, 0.4) is 0 Å². The van der Waals surface area contributed by atoms with Crippen molar-refractivity contribution < 1.29 is 4.74 Å². The fourth-order valence-corrected chi connectivity index (χ4v) is 0.738. The SMILES string of the molecule is COCCNCC(N)C(C)(C)C. The third kappa shape index (κ3) is 5.52. The van der Waals surface area contributed by atoms with Gasteiger partial charge in [0.15, 0.2) is 0 Å². The van der Waals surface area contributed by atoms with Gasteiger partial charge in [0, 0.05) is 26.2 Å². The van der Waals surface area contributed by atoms with E-state index in [2.05, 4.69) is 26.1 Å². The highest BCUT2D eigenvalue weighted by Crippen LogP contribution is 2.16. The van der Waals surface area contributed by atoms with Crippen LogP contribution in [0.1, 0.15) is 20.8 Å². The average molecular weight is 174 g/mol. The fraction of sp³-hybridized carbons (Fsp3) is 1.00. The van der Waals surface area contributed by atoms with Crippen molar-refractivity contribution in [1.29, 1.82) is 0 Å². The van der Waals surface area contributed by atoms with Gasteiger partial charge in [-0.05, 0) is 5.41 Å². The molecule has 0 aromatic heterocycles. The van der Waals surface area contributed by atoms with E-state index in [1.165, 1.54) is 0 Å². The summed E-state index contributed by atoms with van der Waals surface area (Å²) in [5, 5.41) is 3.24. The number of nitrogens with two attached hydrogens (primary N) is 1. The second-order valence-electron chi connectivity index (χ2n) is 4.17. The zero-order chi connectivity index (χ0) is 9.61. The molecular weight excluding hydrogens is 152 g/mol. The predicted octanol–water partition coefficient (Wildman–Crippen LogP) is 0.596. The molecule has 0 spiro atoms. The summed E-state index contributed by atoms with van der Waals surface area (Å²) in [6.07, 6.45) is 0. The van der Waals surface area contributed by atoms with Gasteiger partial charge in [0.25, 0.3) is 0 Å². The van der Waals surface area contributed by atoms with E-state index in [0.29, 0.717) is 0 Å². The quantitative estimate of drug-likeness (QED) is 0.600. The first-order valence-corrected chi connectivity index (χ1v) is 4.43. The lowest BCUT2D eigenvalue weighted by Crippen LogP contribution is -2.44. The third-order valence-corrected chi connectivity index (χ3v) is 1.96. The van der Waals surface area contributed by atoms with Crippen molar-refractivity contribution in [3.63, 3.8) is 0 Å². The van der Waals surface area contributed by atoms with Crippen LogP contribution in [0.4, 0.5) is 0 Å². The summed E-state index contributed by atoms with van der Waals surface area (Å²) in [4.78, 5) is 0. The van der Waals surface area contributed by atoms with E-state index >= 15 is 0 Å². The summed E-state index contributed by atoms with van der Waals surface area (Å²) in [5.41, 5.74) is 6.11. The molecule has 1 atom stereocenters. The Hall–Kier alpha value is -0.120. The monoisotopic (exact) mass is 174 g/mol. The normalized spacial score (nSPS) is 14.8.